The largest absolute Gasteiger partial charge is 0.374 e. The summed E-state index contributed by atoms with van der Waals surface area (Å²) in [6.07, 6.45) is 3.84. The van der Waals surface area contributed by atoms with Gasteiger partial charge in [0.1, 0.15) is 0 Å². The van der Waals surface area contributed by atoms with Crippen molar-refractivity contribution in [2.75, 3.05) is 5.32 Å². The molecule has 6 heteroatoms. The van der Waals surface area contributed by atoms with Crippen LogP contribution in [-0.2, 0) is 0 Å². The lowest BCUT2D eigenvalue weighted by Gasteiger charge is -2.18. The highest BCUT2D eigenvalue weighted by Gasteiger charge is 2.28. The molecule has 0 amide bonds. The van der Waals surface area contributed by atoms with E-state index < -0.39 is 22.2 Å². The van der Waals surface area contributed by atoms with E-state index >= 15 is 0 Å². The fourth-order valence-corrected chi connectivity index (χ4v) is 2.12. The van der Waals surface area contributed by atoms with Gasteiger partial charge in [-0.25, -0.2) is 8.78 Å². The zero-order valence-corrected chi connectivity index (χ0v) is 10.7. The highest BCUT2D eigenvalue weighted by atomic mass is 19.2. The molecule has 4 nitrogen and oxygen atoms in total. The molecule has 1 aromatic carbocycles. The predicted octanol–water partition coefficient (Wildman–Crippen LogP) is 3.86. The van der Waals surface area contributed by atoms with E-state index in [1.165, 1.54) is 0 Å². The van der Waals surface area contributed by atoms with Gasteiger partial charge in [-0.15, -0.1) is 0 Å². The van der Waals surface area contributed by atoms with Crippen LogP contribution in [0.25, 0.3) is 0 Å². The van der Waals surface area contributed by atoms with Crippen molar-refractivity contribution in [1.82, 2.24) is 0 Å². The van der Waals surface area contributed by atoms with E-state index in [1.54, 1.807) is 0 Å². The molecule has 1 aliphatic carbocycles. The fraction of sp³-hybridized carbons (Fsp3) is 0.538. The molecule has 0 aromatic heterocycles. The molecule has 2 rings (SSSR count). The first-order chi connectivity index (χ1) is 9.02. The molecule has 0 spiro atoms. The minimum absolute atomic E-state index is 0.0671. The van der Waals surface area contributed by atoms with E-state index in [2.05, 4.69) is 5.32 Å². The maximum atomic E-state index is 13.7. The number of anilines is 1. The minimum Gasteiger partial charge on any atom is -0.374 e. The highest BCUT2D eigenvalue weighted by molar-refractivity contribution is 5.63. The lowest BCUT2D eigenvalue weighted by atomic mass is 10.1. The van der Waals surface area contributed by atoms with Crippen LogP contribution in [0.4, 0.5) is 20.2 Å². The van der Waals surface area contributed by atoms with Crippen molar-refractivity contribution in [2.24, 2.45) is 5.92 Å². The van der Waals surface area contributed by atoms with Gasteiger partial charge in [0.15, 0.2) is 17.3 Å². The van der Waals surface area contributed by atoms with Crippen LogP contribution < -0.4 is 5.32 Å². The van der Waals surface area contributed by atoms with Gasteiger partial charge in [0.25, 0.3) is 5.69 Å². The Morgan fingerprint density at radius 2 is 2.16 bits per heavy atom. The third-order valence-corrected chi connectivity index (χ3v) is 3.43. The van der Waals surface area contributed by atoms with Crippen LogP contribution >= 0.6 is 0 Å². The molecule has 0 bridgehead atoms. The monoisotopic (exact) mass is 270 g/mol. The SMILES string of the molecule is CCC(CC1CC1)Nc1c([N+](=O)[O-])ccc(F)c1F. The van der Waals surface area contributed by atoms with Crippen molar-refractivity contribution >= 4 is 11.4 Å². The average Bonchev–Trinajstić information content (AvgIpc) is 3.17. The molecule has 1 aromatic rings. The Labute approximate surface area is 110 Å². The van der Waals surface area contributed by atoms with E-state index in [-0.39, 0.29) is 11.7 Å². The van der Waals surface area contributed by atoms with Gasteiger partial charge in [-0.2, -0.15) is 0 Å². The molecule has 1 fully saturated rings. The minimum atomic E-state index is -1.18. The zero-order chi connectivity index (χ0) is 14.0. The number of hydrogen-bond donors (Lipinski definition) is 1. The topological polar surface area (TPSA) is 55.2 Å². The van der Waals surface area contributed by atoms with Crippen LogP contribution in [0.5, 0.6) is 0 Å². The molecule has 0 saturated heterocycles. The van der Waals surface area contributed by atoms with Crippen molar-refractivity contribution in [3.63, 3.8) is 0 Å². The highest BCUT2D eigenvalue weighted by Crippen LogP contribution is 2.36. The molecule has 1 aliphatic rings. The number of nitrogens with zero attached hydrogens (tertiary/aromatic N) is 1. The van der Waals surface area contributed by atoms with E-state index in [0.717, 1.165) is 31.4 Å². The van der Waals surface area contributed by atoms with Crippen LogP contribution in [0.3, 0.4) is 0 Å². The number of nitro benzene ring substituents is 1. The summed E-state index contributed by atoms with van der Waals surface area (Å²) in [5.41, 5.74) is -0.759. The van der Waals surface area contributed by atoms with Crippen LogP contribution in [0.1, 0.15) is 32.6 Å². The second kappa shape index (κ2) is 5.50. The molecule has 104 valence electrons. The van der Waals surface area contributed by atoms with Gasteiger partial charge < -0.3 is 5.32 Å². The first-order valence-electron chi connectivity index (χ1n) is 6.41. The summed E-state index contributed by atoms with van der Waals surface area (Å²) in [4.78, 5) is 10.2. The second-order valence-corrected chi connectivity index (χ2v) is 4.94. The number of halogens is 2. The van der Waals surface area contributed by atoms with Crippen molar-refractivity contribution < 1.29 is 13.7 Å². The van der Waals surface area contributed by atoms with E-state index in [1.807, 2.05) is 6.92 Å². The number of nitro groups is 1. The van der Waals surface area contributed by atoms with Crippen LogP contribution in [-0.4, -0.2) is 11.0 Å². The molecule has 1 N–H and O–H groups in total. The standard InChI is InChI=1S/C13H16F2N2O2/c1-2-9(7-8-3-4-8)16-13-11(17(18)19)6-5-10(14)12(13)15/h5-6,8-9,16H,2-4,7H2,1H3. The Balaban J connectivity index is 2.25. The van der Waals surface area contributed by atoms with Gasteiger partial charge in [0.2, 0.25) is 0 Å². The molecule has 19 heavy (non-hydrogen) atoms. The van der Waals surface area contributed by atoms with Crippen LogP contribution in [0, 0.1) is 27.7 Å². The normalized spacial score (nSPS) is 16.2. The van der Waals surface area contributed by atoms with Crippen LogP contribution in [0.2, 0.25) is 0 Å². The number of hydrogen-bond acceptors (Lipinski definition) is 3. The molecule has 1 unspecified atom stereocenters. The van der Waals surface area contributed by atoms with Gasteiger partial charge in [-0.1, -0.05) is 19.8 Å². The summed E-state index contributed by atoms with van der Waals surface area (Å²) in [6, 6.07) is 1.70. The van der Waals surface area contributed by atoms with Crippen molar-refractivity contribution in [3.8, 4) is 0 Å². The van der Waals surface area contributed by atoms with Crippen molar-refractivity contribution in [2.45, 2.75) is 38.6 Å². The summed E-state index contributed by atoms with van der Waals surface area (Å²) in [7, 11) is 0. The molecular weight excluding hydrogens is 254 g/mol. The van der Waals surface area contributed by atoms with Gasteiger partial charge >= 0.3 is 0 Å². The van der Waals surface area contributed by atoms with E-state index in [9.17, 15) is 18.9 Å². The van der Waals surface area contributed by atoms with Crippen LogP contribution in [0.15, 0.2) is 12.1 Å². The Hall–Kier alpha value is -1.72. The zero-order valence-electron chi connectivity index (χ0n) is 10.7. The Morgan fingerprint density at radius 3 is 2.68 bits per heavy atom. The maximum absolute atomic E-state index is 13.7. The molecular formula is C13H16F2N2O2. The average molecular weight is 270 g/mol. The third kappa shape index (κ3) is 3.19. The van der Waals surface area contributed by atoms with Gasteiger partial charge in [0.05, 0.1) is 4.92 Å². The smallest absolute Gasteiger partial charge is 0.295 e. The Bertz CT molecular complexity index is 490. The molecule has 1 atom stereocenters. The quantitative estimate of drug-likeness (QED) is 0.630. The maximum Gasteiger partial charge on any atom is 0.295 e. The summed E-state index contributed by atoms with van der Waals surface area (Å²) in [5.74, 6) is -1.65. The fourth-order valence-electron chi connectivity index (χ4n) is 2.12. The molecule has 0 heterocycles. The Morgan fingerprint density at radius 1 is 1.47 bits per heavy atom. The first kappa shape index (κ1) is 13.7. The number of rotatable bonds is 6. The Kier molecular flexibility index (Phi) is 3.97. The summed E-state index contributed by atoms with van der Waals surface area (Å²) in [5, 5.41) is 13.7. The predicted molar refractivity (Wildman–Crippen MR) is 68.1 cm³/mol. The lowest BCUT2D eigenvalue weighted by Crippen LogP contribution is -2.21. The molecule has 1 saturated carbocycles. The molecule has 0 radical (unpaired) electrons. The third-order valence-electron chi connectivity index (χ3n) is 3.43. The first-order valence-corrected chi connectivity index (χ1v) is 6.41. The van der Waals surface area contributed by atoms with Crippen molar-refractivity contribution in [1.29, 1.82) is 0 Å². The van der Waals surface area contributed by atoms with Crippen molar-refractivity contribution in [3.05, 3.63) is 33.9 Å². The second-order valence-electron chi connectivity index (χ2n) is 4.94. The van der Waals surface area contributed by atoms with E-state index in [0.29, 0.717) is 12.3 Å². The summed E-state index contributed by atoms with van der Waals surface area (Å²) in [6.45, 7) is 1.92. The number of nitrogens with one attached hydrogen (secondary N) is 1. The van der Waals surface area contributed by atoms with Gasteiger partial charge in [-0.3, -0.25) is 10.1 Å². The summed E-state index contributed by atoms with van der Waals surface area (Å²) >= 11 is 0. The molecule has 0 aliphatic heterocycles. The van der Waals surface area contributed by atoms with Gasteiger partial charge in [-0.05, 0) is 24.8 Å². The lowest BCUT2D eigenvalue weighted by molar-refractivity contribution is -0.384. The van der Waals surface area contributed by atoms with E-state index in [4.69, 9.17) is 0 Å². The number of benzene rings is 1. The summed E-state index contributed by atoms with van der Waals surface area (Å²) < 4.78 is 26.9. The van der Waals surface area contributed by atoms with Gasteiger partial charge in [0, 0.05) is 12.1 Å².